The zero-order valence-corrected chi connectivity index (χ0v) is 14.1. The summed E-state index contributed by atoms with van der Waals surface area (Å²) in [5.41, 5.74) is 0.756. The normalized spacial score (nSPS) is 24.1. The van der Waals surface area contributed by atoms with Crippen molar-refractivity contribution in [2.45, 2.75) is 26.1 Å². The molecule has 2 atom stereocenters. The number of rotatable bonds is 1. The van der Waals surface area contributed by atoms with Gasteiger partial charge in [-0.3, -0.25) is 4.79 Å². The number of halogens is 2. The van der Waals surface area contributed by atoms with Gasteiger partial charge in [-0.2, -0.15) is 0 Å². The van der Waals surface area contributed by atoms with Gasteiger partial charge in [0.2, 0.25) is 0 Å². The van der Waals surface area contributed by atoms with E-state index in [9.17, 15) is 4.79 Å². The molecule has 0 aromatic heterocycles. The Morgan fingerprint density at radius 1 is 1.39 bits per heavy atom. The zero-order valence-electron chi connectivity index (χ0n) is 10.3. The number of nitrogens with zero attached hydrogens (tertiary/aromatic N) is 1. The van der Waals surface area contributed by atoms with Gasteiger partial charge in [-0.1, -0.05) is 15.9 Å². The molecule has 0 bridgehead atoms. The largest absolute Gasteiger partial charge is 0.372 e. The van der Waals surface area contributed by atoms with E-state index in [-0.39, 0.29) is 18.1 Å². The molecule has 0 N–H and O–H groups in total. The van der Waals surface area contributed by atoms with Crippen molar-refractivity contribution in [2.24, 2.45) is 0 Å². The van der Waals surface area contributed by atoms with Crippen molar-refractivity contribution < 1.29 is 9.53 Å². The van der Waals surface area contributed by atoms with Crippen molar-refractivity contribution >= 4 is 44.4 Å². The molecule has 1 aromatic rings. The standard InChI is InChI=1S/C13H15BrINO2/c1-8-6-16(7-9(2)18-8)13(17)11-5-10(14)3-4-12(11)15/h3-5,8-9H,6-7H2,1-2H3. The van der Waals surface area contributed by atoms with Crippen LogP contribution >= 0.6 is 38.5 Å². The maximum absolute atomic E-state index is 12.5. The van der Waals surface area contributed by atoms with E-state index in [4.69, 9.17) is 4.74 Å². The molecule has 98 valence electrons. The van der Waals surface area contributed by atoms with Crippen molar-refractivity contribution in [3.63, 3.8) is 0 Å². The lowest BCUT2D eigenvalue weighted by molar-refractivity contribution is -0.0586. The molecular weight excluding hydrogens is 409 g/mol. The Balaban J connectivity index is 2.22. The fourth-order valence-electron chi connectivity index (χ4n) is 2.18. The van der Waals surface area contributed by atoms with E-state index in [0.717, 1.165) is 13.6 Å². The van der Waals surface area contributed by atoms with Crippen LogP contribution in [0.1, 0.15) is 24.2 Å². The van der Waals surface area contributed by atoms with Crippen LogP contribution in [0.2, 0.25) is 0 Å². The van der Waals surface area contributed by atoms with Gasteiger partial charge < -0.3 is 9.64 Å². The summed E-state index contributed by atoms with van der Waals surface area (Å²) in [5.74, 6) is 0.0858. The van der Waals surface area contributed by atoms with Crippen LogP contribution in [0.15, 0.2) is 22.7 Å². The minimum absolute atomic E-state index is 0.0858. The first-order valence-corrected chi connectivity index (χ1v) is 7.74. The Labute approximate surface area is 129 Å². The van der Waals surface area contributed by atoms with Crippen LogP contribution in [-0.2, 0) is 4.74 Å². The van der Waals surface area contributed by atoms with E-state index >= 15 is 0 Å². The number of hydrogen-bond donors (Lipinski definition) is 0. The maximum atomic E-state index is 12.5. The van der Waals surface area contributed by atoms with Crippen molar-refractivity contribution in [3.05, 3.63) is 31.8 Å². The molecule has 1 aliphatic rings. The van der Waals surface area contributed by atoms with Crippen LogP contribution < -0.4 is 0 Å². The molecule has 1 amide bonds. The first kappa shape index (κ1) is 14.3. The van der Waals surface area contributed by atoms with Crippen molar-refractivity contribution in [1.82, 2.24) is 4.90 Å². The summed E-state index contributed by atoms with van der Waals surface area (Å²) in [6.45, 7) is 5.32. The van der Waals surface area contributed by atoms with Gasteiger partial charge in [0.25, 0.3) is 5.91 Å². The molecule has 1 aliphatic heterocycles. The lowest BCUT2D eigenvalue weighted by Crippen LogP contribution is -2.48. The molecule has 0 aliphatic carbocycles. The molecule has 0 spiro atoms. The maximum Gasteiger partial charge on any atom is 0.255 e. The predicted molar refractivity (Wildman–Crippen MR) is 82.8 cm³/mol. The highest BCUT2D eigenvalue weighted by atomic mass is 127. The number of benzene rings is 1. The fourth-order valence-corrected chi connectivity index (χ4v) is 3.10. The van der Waals surface area contributed by atoms with Crippen LogP contribution in [0, 0.1) is 3.57 Å². The van der Waals surface area contributed by atoms with Crippen LogP contribution in [0.3, 0.4) is 0 Å². The first-order chi connectivity index (χ1) is 8.47. The topological polar surface area (TPSA) is 29.5 Å². The van der Waals surface area contributed by atoms with E-state index in [0.29, 0.717) is 13.1 Å². The third-order valence-electron chi connectivity index (χ3n) is 2.87. The lowest BCUT2D eigenvalue weighted by atomic mass is 10.1. The van der Waals surface area contributed by atoms with Gasteiger partial charge in [0.05, 0.1) is 17.8 Å². The average molecular weight is 424 g/mol. The van der Waals surface area contributed by atoms with Crippen molar-refractivity contribution in [1.29, 1.82) is 0 Å². The highest BCUT2D eigenvalue weighted by molar-refractivity contribution is 14.1. The summed E-state index contributed by atoms with van der Waals surface area (Å²) in [6, 6.07) is 5.78. The average Bonchev–Trinajstić information content (AvgIpc) is 2.30. The van der Waals surface area contributed by atoms with Gasteiger partial charge in [-0.25, -0.2) is 0 Å². The molecule has 2 unspecified atom stereocenters. The molecule has 18 heavy (non-hydrogen) atoms. The van der Waals surface area contributed by atoms with Crippen LogP contribution in [0.5, 0.6) is 0 Å². The first-order valence-electron chi connectivity index (χ1n) is 5.87. The third-order valence-corrected chi connectivity index (χ3v) is 4.30. The predicted octanol–water partition coefficient (Wildman–Crippen LogP) is 3.30. The molecule has 1 saturated heterocycles. The number of carbonyl (C=O) groups excluding carboxylic acids is 1. The van der Waals surface area contributed by atoms with Crippen molar-refractivity contribution in [3.8, 4) is 0 Å². The smallest absolute Gasteiger partial charge is 0.255 e. The van der Waals surface area contributed by atoms with Crippen LogP contribution in [0.25, 0.3) is 0 Å². The van der Waals surface area contributed by atoms with E-state index in [2.05, 4.69) is 38.5 Å². The summed E-state index contributed by atoms with van der Waals surface area (Å²) in [5, 5.41) is 0. The summed E-state index contributed by atoms with van der Waals surface area (Å²) in [4.78, 5) is 14.4. The Kier molecular flexibility index (Phi) is 4.66. The molecule has 3 nitrogen and oxygen atoms in total. The second-order valence-electron chi connectivity index (χ2n) is 4.59. The monoisotopic (exact) mass is 423 g/mol. The number of carbonyl (C=O) groups is 1. The van der Waals surface area contributed by atoms with E-state index in [1.807, 2.05) is 36.9 Å². The van der Waals surface area contributed by atoms with E-state index < -0.39 is 0 Å². The third kappa shape index (κ3) is 3.24. The SMILES string of the molecule is CC1CN(C(=O)c2cc(Br)ccc2I)CC(C)O1. The van der Waals surface area contributed by atoms with Gasteiger partial charge in [0, 0.05) is 21.1 Å². The van der Waals surface area contributed by atoms with Crippen molar-refractivity contribution in [2.75, 3.05) is 13.1 Å². The molecule has 2 rings (SSSR count). The van der Waals surface area contributed by atoms with E-state index in [1.165, 1.54) is 0 Å². The van der Waals surface area contributed by atoms with Crippen LogP contribution in [-0.4, -0.2) is 36.1 Å². The molecular formula is C13H15BrINO2. The second-order valence-corrected chi connectivity index (χ2v) is 6.67. The molecule has 1 aromatic carbocycles. The quantitative estimate of drug-likeness (QED) is 0.648. The lowest BCUT2D eigenvalue weighted by Gasteiger charge is -2.35. The number of amides is 1. The molecule has 0 saturated carbocycles. The summed E-state index contributed by atoms with van der Waals surface area (Å²) in [6.07, 6.45) is 0.199. The van der Waals surface area contributed by atoms with Gasteiger partial charge in [0.1, 0.15) is 0 Å². The molecule has 5 heteroatoms. The Bertz CT molecular complexity index is 456. The Hall–Kier alpha value is -0.140. The number of hydrogen-bond acceptors (Lipinski definition) is 2. The molecule has 0 radical (unpaired) electrons. The number of morpholine rings is 1. The highest BCUT2D eigenvalue weighted by Gasteiger charge is 2.27. The van der Waals surface area contributed by atoms with Gasteiger partial charge in [0.15, 0.2) is 0 Å². The number of ether oxygens (including phenoxy) is 1. The Morgan fingerprint density at radius 2 is 2.00 bits per heavy atom. The Morgan fingerprint density at radius 3 is 2.61 bits per heavy atom. The zero-order chi connectivity index (χ0) is 13.3. The van der Waals surface area contributed by atoms with Gasteiger partial charge in [-0.05, 0) is 54.6 Å². The van der Waals surface area contributed by atoms with Crippen LogP contribution in [0.4, 0.5) is 0 Å². The van der Waals surface area contributed by atoms with Gasteiger partial charge in [-0.15, -0.1) is 0 Å². The molecule has 1 heterocycles. The highest BCUT2D eigenvalue weighted by Crippen LogP contribution is 2.21. The summed E-state index contributed by atoms with van der Waals surface area (Å²) in [7, 11) is 0. The minimum atomic E-state index is 0.0858. The van der Waals surface area contributed by atoms with Gasteiger partial charge >= 0.3 is 0 Å². The minimum Gasteiger partial charge on any atom is -0.372 e. The second kappa shape index (κ2) is 5.88. The summed E-state index contributed by atoms with van der Waals surface area (Å²) < 4.78 is 7.56. The van der Waals surface area contributed by atoms with E-state index in [1.54, 1.807) is 0 Å². The fraction of sp³-hybridized carbons (Fsp3) is 0.462. The summed E-state index contributed by atoms with van der Waals surface area (Å²) >= 11 is 5.61. The molecule has 1 fully saturated rings.